The molecular weight excluding hydrogens is 292 g/mol. The average molecular weight is 312 g/mol. The van der Waals surface area contributed by atoms with Crippen LogP contribution in [0.2, 0.25) is 0 Å². The summed E-state index contributed by atoms with van der Waals surface area (Å²) < 4.78 is 27.9. The highest BCUT2D eigenvalue weighted by Gasteiger charge is 2.26. The molecule has 0 bridgehead atoms. The lowest BCUT2D eigenvalue weighted by Gasteiger charge is -2.32. The Bertz CT molecular complexity index is 574. The normalized spacial score (nSPS) is 19.3. The summed E-state index contributed by atoms with van der Waals surface area (Å²) in [6.07, 6.45) is 0.792. The number of sulfone groups is 1. The molecule has 1 unspecified atom stereocenters. The molecule has 1 amide bonds. The van der Waals surface area contributed by atoms with Crippen LogP contribution < -0.4 is 5.32 Å². The number of rotatable bonds is 4. The minimum absolute atomic E-state index is 0.0233. The number of hydrogen-bond acceptors (Lipinski definition) is 5. The highest BCUT2D eigenvalue weighted by molar-refractivity contribution is 7.90. The van der Waals surface area contributed by atoms with Crippen molar-refractivity contribution < 1.29 is 17.9 Å². The Balaban J connectivity index is 1.84. The number of nitrogens with zero attached hydrogens (tertiary/aromatic N) is 1. The highest BCUT2D eigenvalue weighted by atomic mass is 32.2. The Kier molecular flexibility index (Phi) is 5.19. The molecule has 1 heterocycles. The summed E-state index contributed by atoms with van der Waals surface area (Å²) >= 11 is 0. The van der Waals surface area contributed by atoms with Crippen LogP contribution in [0.5, 0.6) is 0 Å². The van der Waals surface area contributed by atoms with Gasteiger partial charge in [-0.05, 0) is 5.56 Å². The molecule has 21 heavy (non-hydrogen) atoms. The maximum atomic E-state index is 12.0. The molecule has 1 N–H and O–H groups in total. The van der Waals surface area contributed by atoms with Crippen molar-refractivity contribution >= 4 is 15.9 Å². The number of amides is 1. The van der Waals surface area contributed by atoms with Crippen LogP contribution in [0.1, 0.15) is 5.56 Å². The first-order valence-corrected chi connectivity index (χ1v) is 8.87. The second kappa shape index (κ2) is 6.91. The van der Waals surface area contributed by atoms with Gasteiger partial charge < -0.3 is 15.0 Å². The topological polar surface area (TPSA) is 75.7 Å². The summed E-state index contributed by atoms with van der Waals surface area (Å²) in [7, 11) is -3.07. The van der Waals surface area contributed by atoms with E-state index in [0.29, 0.717) is 19.6 Å². The van der Waals surface area contributed by atoms with Crippen molar-refractivity contribution in [2.75, 3.05) is 31.6 Å². The predicted molar refractivity (Wildman–Crippen MR) is 79.7 cm³/mol. The predicted octanol–water partition coefficient (Wildman–Crippen LogP) is 0.642. The van der Waals surface area contributed by atoms with Gasteiger partial charge in [-0.2, -0.15) is 0 Å². The van der Waals surface area contributed by atoms with Crippen molar-refractivity contribution in [3.8, 4) is 0 Å². The van der Waals surface area contributed by atoms with E-state index >= 15 is 0 Å². The summed E-state index contributed by atoms with van der Waals surface area (Å²) in [6, 6.07) is 9.21. The van der Waals surface area contributed by atoms with E-state index in [4.69, 9.17) is 4.74 Å². The van der Waals surface area contributed by atoms with Crippen LogP contribution in [0, 0.1) is 0 Å². The van der Waals surface area contributed by atoms with Crippen molar-refractivity contribution in [3.63, 3.8) is 0 Å². The Morgan fingerprint density at radius 3 is 2.76 bits per heavy atom. The summed E-state index contributed by atoms with van der Waals surface area (Å²) in [5, 5.41) is 3.11. The smallest absolute Gasteiger partial charge is 0.410 e. The Hall–Kier alpha value is -1.60. The molecule has 1 aromatic rings. The van der Waals surface area contributed by atoms with Gasteiger partial charge >= 0.3 is 6.09 Å². The number of ether oxygens (including phenoxy) is 1. The van der Waals surface area contributed by atoms with Crippen LogP contribution in [0.4, 0.5) is 4.79 Å². The van der Waals surface area contributed by atoms with Gasteiger partial charge in [0.25, 0.3) is 0 Å². The molecule has 1 aromatic carbocycles. The van der Waals surface area contributed by atoms with Gasteiger partial charge in [-0.1, -0.05) is 30.3 Å². The van der Waals surface area contributed by atoms with Crippen LogP contribution in [0.3, 0.4) is 0 Å². The Morgan fingerprint density at radius 1 is 1.38 bits per heavy atom. The van der Waals surface area contributed by atoms with Gasteiger partial charge in [-0.15, -0.1) is 0 Å². The van der Waals surface area contributed by atoms with E-state index < -0.39 is 15.9 Å². The Morgan fingerprint density at radius 2 is 2.10 bits per heavy atom. The lowest BCUT2D eigenvalue weighted by molar-refractivity contribution is 0.0864. The number of carbonyl (C=O) groups excluding carboxylic acids is 1. The first-order chi connectivity index (χ1) is 9.94. The van der Waals surface area contributed by atoms with Gasteiger partial charge in [0.1, 0.15) is 16.4 Å². The summed E-state index contributed by atoms with van der Waals surface area (Å²) in [5.41, 5.74) is 0.925. The third-order valence-electron chi connectivity index (χ3n) is 3.22. The van der Waals surface area contributed by atoms with Gasteiger partial charge in [0.15, 0.2) is 0 Å². The zero-order chi connectivity index (χ0) is 15.3. The molecule has 116 valence electrons. The van der Waals surface area contributed by atoms with Gasteiger partial charge in [0, 0.05) is 31.9 Å². The van der Waals surface area contributed by atoms with Crippen molar-refractivity contribution in [2.24, 2.45) is 0 Å². The number of nitrogens with one attached hydrogen (secondary N) is 1. The first-order valence-electron chi connectivity index (χ1n) is 6.81. The zero-order valence-electron chi connectivity index (χ0n) is 12.0. The van der Waals surface area contributed by atoms with E-state index in [9.17, 15) is 13.2 Å². The second-order valence-corrected chi connectivity index (χ2v) is 7.41. The number of piperazine rings is 1. The SMILES string of the molecule is CS(=O)(=O)CC1CN(C(=O)OCc2ccccc2)CCN1. The molecular formula is C14H20N2O4S. The lowest BCUT2D eigenvalue weighted by atomic mass is 10.2. The summed E-state index contributed by atoms with van der Waals surface area (Å²) in [4.78, 5) is 13.6. The van der Waals surface area contributed by atoms with Crippen LogP contribution in [0.15, 0.2) is 30.3 Å². The number of hydrogen-bond donors (Lipinski definition) is 1. The quantitative estimate of drug-likeness (QED) is 0.883. The zero-order valence-corrected chi connectivity index (χ0v) is 12.8. The maximum absolute atomic E-state index is 12.0. The molecule has 1 aliphatic heterocycles. The third kappa shape index (κ3) is 5.35. The summed E-state index contributed by atoms with van der Waals surface area (Å²) in [6.45, 7) is 1.66. The van der Waals surface area contributed by atoms with E-state index in [-0.39, 0.29) is 18.4 Å². The van der Waals surface area contributed by atoms with Gasteiger partial charge in [0.2, 0.25) is 0 Å². The van der Waals surface area contributed by atoms with Gasteiger partial charge in [-0.25, -0.2) is 13.2 Å². The molecule has 0 aliphatic carbocycles. The van der Waals surface area contributed by atoms with Crippen molar-refractivity contribution in [1.29, 1.82) is 0 Å². The van der Waals surface area contributed by atoms with Crippen molar-refractivity contribution in [1.82, 2.24) is 10.2 Å². The van der Waals surface area contributed by atoms with Crippen LogP contribution in [-0.4, -0.2) is 57.1 Å². The van der Waals surface area contributed by atoms with Gasteiger partial charge in [-0.3, -0.25) is 0 Å². The molecule has 0 spiro atoms. The molecule has 0 radical (unpaired) electrons. The van der Waals surface area contributed by atoms with Crippen LogP contribution >= 0.6 is 0 Å². The largest absolute Gasteiger partial charge is 0.445 e. The fraction of sp³-hybridized carbons (Fsp3) is 0.500. The van der Waals surface area contributed by atoms with Crippen molar-refractivity contribution in [3.05, 3.63) is 35.9 Å². The van der Waals surface area contributed by atoms with E-state index in [1.54, 1.807) is 4.90 Å². The molecule has 1 fully saturated rings. The van der Waals surface area contributed by atoms with Crippen LogP contribution in [-0.2, 0) is 21.2 Å². The monoisotopic (exact) mass is 312 g/mol. The van der Waals surface area contributed by atoms with E-state index in [2.05, 4.69) is 5.32 Å². The third-order valence-corrected chi connectivity index (χ3v) is 4.23. The van der Waals surface area contributed by atoms with Crippen molar-refractivity contribution in [2.45, 2.75) is 12.6 Å². The maximum Gasteiger partial charge on any atom is 0.410 e. The lowest BCUT2D eigenvalue weighted by Crippen LogP contribution is -2.54. The second-order valence-electron chi connectivity index (χ2n) is 5.23. The molecule has 0 saturated carbocycles. The minimum Gasteiger partial charge on any atom is -0.445 e. The number of benzene rings is 1. The van der Waals surface area contributed by atoms with E-state index in [1.807, 2.05) is 30.3 Å². The molecule has 1 atom stereocenters. The highest BCUT2D eigenvalue weighted by Crippen LogP contribution is 2.07. The summed E-state index contributed by atoms with van der Waals surface area (Å²) in [5.74, 6) is 0.0233. The van der Waals surface area contributed by atoms with Gasteiger partial charge in [0.05, 0.1) is 5.75 Å². The fourth-order valence-electron chi connectivity index (χ4n) is 2.28. The molecule has 7 heteroatoms. The fourth-order valence-corrected chi connectivity index (χ4v) is 3.23. The molecule has 1 aliphatic rings. The molecule has 2 rings (SSSR count). The number of carbonyl (C=O) groups is 1. The van der Waals surface area contributed by atoms with E-state index in [0.717, 1.165) is 5.56 Å². The van der Waals surface area contributed by atoms with E-state index in [1.165, 1.54) is 6.26 Å². The standard InChI is InChI=1S/C14H20N2O4S/c1-21(18,19)11-13-9-16(8-7-15-13)14(17)20-10-12-5-3-2-4-6-12/h2-6,13,15H,7-11H2,1H3. The Labute approximate surface area is 125 Å². The first kappa shape index (κ1) is 15.8. The molecule has 0 aromatic heterocycles. The molecule has 1 saturated heterocycles. The molecule has 6 nitrogen and oxygen atoms in total. The van der Waals surface area contributed by atoms with Crippen LogP contribution in [0.25, 0.3) is 0 Å². The minimum atomic E-state index is -3.07. The average Bonchev–Trinajstić information content (AvgIpc) is 2.44.